The van der Waals surface area contributed by atoms with Gasteiger partial charge in [0.25, 0.3) is 5.91 Å². The predicted octanol–water partition coefficient (Wildman–Crippen LogP) is 2.90. The monoisotopic (exact) mass is 284 g/mol. The van der Waals surface area contributed by atoms with Gasteiger partial charge in [-0.3, -0.25) is 9.78 Å². The number of aromatic nitrogens is 1. The molecule has 1 unspecified atom stereocenters. The van der Waals surface area contributed by atoms with Crippen LogP contribution in [0.1, 0.15) is 31.1 Å². The number of rotatable bonds is 6. The molecule has 1 heterocycles. The van der Waals surface area contributed by atoms with E-state index in [2.05, 4.69) is 17.2 Å². The van der Waals surface area contributed by atoms with Gasteiger partial charge >= 0.3 is 0 Å². The van der Waals surface area contributed by atoms with Crippen molar-refractivity contribution >= 4 is 5.91 Å². The summed E-state index contributed by atoms with van der Waals surface area (Å²) in [7, 11) is 0. The molecule has 2 rings (SSSR count). The summed E-state index contributed by atoms with van der Waals surface area (Å²) in [6.07, 6.45) is 2.59. The first-order valence-corrected chi connectivity index (χ1v) is 7.11. The second-order valence-corrected chi connectivity index (χ2v) is 4.79. The van der Waals surface area contributed by atoms with Crippen molar-refractivity contribution in [2.75, 3.05) is 6.61 Å². The van der Waals surface area contributed by atoms with Gasteiger partial charge in [0.15, 0.2) is 6.61 Å². The van der Waals surface area contributed by atoms with E-state index in [9.17, 15) is 4.79 Å². The third-order valence-corrected chi connectivity index (χ3v) is 3.22. The fourth-order valence-electron chi connectivity index (χ4n) is 2.07. The van der Waals surface area contributed by atoms with Crippen LogP contribution in [0, 0.1) is 0 Å². The number of ether oxygens (including phenoxy) is 1. The van der Waals surface area contributed by atoms with Gasteiger partial charge in [-0.15, -0.1) is 0 Å². The Kier molecular flexibility index (Phi) is 5.32. The molecule has 1 aromatic carbocycles. The van der Waals surface area contributed by atoms with Crippen LogP contribution in [0.25, 0.3) is 0 Å². The molecule has 0 aliphatic carbocycles. The van der Waals surface area contributed by atoms with Crippen molar-refractivity contribution in [3.63, 3.8) is 0 Å². The van der Waals surface area contributed by atoms with Gasteiger partial charge in [-0.2, -0.15) is 0 Å². The van der Waals surface area contributed by atoms with E-state index in [1.807, 2.05) is 49.4 Å². The standard InChI is InChI=1S/C17H20N2O2/c1-3-14-8-4-5-10-16(14)21-12-17(20)19-13(2)15-9-6-7-11-18-15/h4-11,13H,3,12H2,1-2H3,(H,19,20). The fraction of sp³-hybridized carbons (Fsp3) is 0.294. The van der Waals surface area contributed by atoms with E-state index >= 15 is 0 Å². The first-order valence-electron chi connectivity index (χ1n) is 7.11. The van der Waals surface area contributed by atoms with Gasteiger partial charge in [0.05, 0.1) is 11.7 Å². The van der Waals surface area contributed by atoms with Crippen LogP contribution in [0.15, 0.2) is 48.7 Å². The molecule has 4 nitrogen and oxygen atoms in total. The lowest BCUT2D eigenvalue weighted by atomic mass is 10.1. The number of carbonyl (C=O) groups is 1. The topological polar surface area (TPSA) is 51.2 Å². The maximum Gasteiger partial charge on any atom is 0.258 e. The number of hydrogen-bond donors (Lipinski definition) is 1. The van der Waals surface area contributed by atoms with Gasteiger partial charge < -0.3 is 10.1 Å². The highest BCUT2D eigenvalue weighted by atomic mass is 16.5. The number of pyridine rings is 1. The molecular formula is C17H20N2O2. The van der Waals surface area contributed by atoms with E-state index in [0.29, 0.717) is 0 Å². The average molecular weight is 284 g/mol. The number of benzene rings is 1. The summed E-state index contributed by atoms with van der Waals surface area (Å²) in [6, 6.07) is 13.3. The Hall–Kier alpha value is -2.36. The van der Waals surface area contributed by atoms with Crippen molar-refractivity contribution in [3.05, 3.63) is 59.9 Å². The quantitative estimate of drug-likeness (QED) is 0.887. The minimum absolute atomic E-state index is 0.00812. The minimum Gasteiger partial charge on any atom is -0.483 e. The van der Waals surface area contributed by atoms with Gasteiger partial charge in [0.2, 0.25) is 0 Å². The average Bonchev–Trinajstić information content (AvgIpc) is 2.54. The largest absolute Gasteiger partial charge is 0.483 e. The summed E-state index contributed by atoms with van der Waals surface area (Å²) >= 11 is 0. The Morgan fingerprint density at radius 2 is 2.00 bits per heavy atom. The van der Waals surface area contributed by atoms with E-state index in [0.717, 1.165) is 23.4 Å². The molecule has 0 bridgehead atoms. The van der Waals surface area contributed by atoms with Gasteiger partial charge in [0, 0.05) is 6.20 Å². The second-order valence-electron chi connectivity index (χ2n) is 4.79. The zero-order valence-corrected chi connectivity index (χ0v) is 12.4. The van der Waals surface area contributed by atoms with Crippen molar-refractivity contribution in [2.45, 2.75) is 26.3 Å². The highest BCUT2D eigenvalue weighted by Gasteiger charge is 2.11. The van der Waals surface area contributed by atoms with E-state index in [4.69, 9.17) is 4.74 Å². The maximum atomic E-state index is 11.9. The third kappa shape index (κ3) is 4.31. The number of nitrogens with zero attached hydrogens (tertiary/aromatic N) is 1. The van der Waals surface area contributed by atoms with Crippen LogP contribution in [0.2, 0.25) is 0 Å². The molecule has 0 saturated heterocycles. The molecule has 0 spiro atoms. The molecular weight excluding hydrogens is 264 g/mol. The van der Waals surface area contributed by atoms with Crippen LogP contribution < -0.4 is 10.1 Å². The molecule has 110 valence electrons. The molecule has 0 aliphatic heterocycles. The Morgan fingerprint density at radius 1 is 1.24 bits per heavy atom. The summed E-state index contributed by atoms with van der Waals surface area (Å²) in [5.41, 5.74) is 1.93. The molecule has 1 atom stereocenters. The number of aryl methyl sites for hydroxylation is 1. The lowest BCUT2D eigenvalue weighted by molar-refractivity contribution is -0.123. The van der Waals surface area contributed by atoms with Crippen LogP contribution in [-0.4, -0.2) is 17.5 Å². The SMILES string of the molecule is CCc1ccccc1OCC(=O)NC(C)c1ccccn1. The Bertz CT molecular complexity index is 584. The number of carbonyl (C=O) groups excluding carboxylic acids is 1. The Balaban J connectivity index is 1.88. The number of hydrogen-bond acceptors (Lipinski definition) is 3. The summed E-state index contributed by atoms with van der Waals surface area (Å²) in [4.78, 5) is 16.2. The van der Waals surface area contributed by atoms with E-state index < -0.39 is 0 Å². The number of nitrogens with one attached hydrogen (secondary N) is 1. The molecule has 0 radical (unpaired) electrons. The van der Waals surface area contributed by atoms with Crippen LogP contribution in [-0.2, 0) is 11.2 Å². The van der Waals surface area contributed by atoms with Gasteiger partial charge in [-0.25, -0.2) is 0 Å². The van der Waals surface area contributed by atoms with Crippen molar-refractivity contribution < 1.29 is 9.53 Å². The van der Waals surface area contributed by atoms with Gasteiger partial charge in [-0.1, -0.05) is 31.2 Å². The van der Waals surface area contributed by atoms with Crippen LogP contribution in [0.3, 0.4) is 0 Å². The summed E-state index contributed by atoms with van der Waals surface area (Å²) in [5.74, 6) is 0.611. The second kappa shape index (κ2) is 7.43. The van der Waals surface area contributed by atoms with Crippen LogP contribution in [0.5, 0.6) is 5.75 Å². The highest BCUT2D eigenvalue weighted by Crippen LogP contribution is 2.18. The first kappa shape index (κ1) is 15.0. The minimum atomic E-state index is -0.154. The fourth-order valence-corrected chi connectivity index (χ4v) is 2.07. The molecule has 0 fully saturated rings. The molecule has 0 saturated carbocycles. The van der Waals surface area contributed by atoms with Crippen molar-refractivity contribution in [1.82, 2.24) is 10.3 Å². The zero-order chi connectivity index (χ0) is 15.1. The number of amides is 1. The molecule has 0 aliphatic rings. The molecule has 4 heteroatoms. The number of para-hydroxylation sites is 1. The molecule has 2 aromatic rings. The van der Waals surface area contributed by atoms with Crippen LogP contribution in [0.4, 0.5) is 0 Å². The third-order valence-electron chi connectivity index (χ3n) is 3.22. The molecule has 1 N–H and O–H groups in total. The predicted molar refractivity (Wildman–Crippen MR) is 82.1 cm³/mol. The molecule has 21 heavy (non-hydrogen) atoms. The lowest BCUT2D eigenvalue weighted by Crippen LogP contribution is -2.31. The van der Waals surface area contributed by atoms with Gasteiger partial charge in [0.1, 0.15) is 5.75 Å². The highest BCUT2D eigenvalue weighted by molar-refractivity contribution is 5.78. The van der Waals surface area contributed by atoms with E-state index in [1.54, 1.807) is 6.20 Å². The van der Waals surface area contributed by atoms with E-state index in [1.165, 1.54) is 0 Å². The summed E-state index contributed by atoms with van der Waals surface area (Å²) < 4.78 is 5.59. The zero-order valence-electron chi connectivity index (χ0n) is 12.4. The van der Waals surface area contributed by atoms with Crippen LogP contribution >= 0.6 is 0 Å². The normalized spacial score (nSPS) is 11.7. The van der Waals surface area contributed by atoms with Crippen molar-refractivity contribution in [1.29, 1.82) is 0 Å². The first-order chi connectivity index (χ1) is 10.2. The molecule has 1 aromatic heterocycles. The molecule has 1 amide bonds. The van der Waals surface area contributed by atoms with Gasteiger partial charge in [-0.05, 0) is 37.1 Å². The lowest BCUT2D eigenvalue weighted by Gasteiger charge is -2.14. The van der Waals surface area contributed by atoms with Crippen molar-refractivity contribution in [2.24, 2.45) is 0 Å². The smallest absolute Gasteiger partial charge is 0.258 e. The summed E-state index contributed by atoms with van der Waals surface area (Å²) in [6.45, 7) is 3.97. The summed E-state index contributed by atoms with van der Waals surface area (Å²) in [5, 5.41) is 2.88. The Labute approximate surface area is 125 Å². The van der Waals surface area contributed by atoms with Crippen molar-refractivity contribution in [3.8, 4) is 5.75 Å². The van der Waals surface area contributed by atoms with E-state index in [-0.39, 0.29) is 18.6 Å². The Morgan fingerprint density at radius 3 is 2.71 bits per heavy atom. The maximum absolute atomic E-state index is 11.9.